The van der Waals surface area contributed by atoms with Gasteiger partial charge in [0.05, 0.1) is 27.9 Å². The maximum absolute atomic E-state index is 14.0. The van der Waals surface area contributed by atoms with Crippen molar-refractivity contribution in [3.05, 3.63) is 95.0 Å². The number of hydrogen-bond acceptors (Lipinski definition) is 12. The summed E-state index contributed by atoms with van der Waals surface area (Å²) >= 11 is 1.59. The fourth-order valence-electron chi connectivity index (χ4n) is 7.59. The second kappa shape index (κ2) is 15.8. The molecule has 2 aliphatic rings. The summed E-state index contributed by atoms with van der Waals surface area (Å²) in [6.45, 7) is 8.92. The Labute approximate surface area is 327 Å². The van der Waals surface area contributed by atoms with E-state index in [2.05, 4.69) is 41.6 Å². The number of nitrogens with one attached hydrogen (secondary N) is 2. The number of β-amino-alcohol motifs (C(OH)–C–C–N with tert-alkyl or cyclic N) is 1. The molecule has 0 bridgehead atoms. The minimum atomic E-state index is -0.813. The van der Waals surface area contributed by atoms with Gasteiger partial charge in [-0.2, -0.15) is 0 Å². The molecule has 0 aliphatic carbocycles. The Morgan fingerprint density at radius 3 is 2.62 bits per heavy atom. The number of thiazole rings is 1. The number of phenols is 1. The van der Waals surface area contributed by atoms with Gasteiger partial charge in [-0.15, -0.1) is 21.5 Å². The zero-order valence-electron chi connectivity index (χ0n) is 31.4. The largest absolute Gasteiger partial charge is 0.507 e. The number of benzene rings is 2. The summed E-state index contributed by atoms with van der Waals surface area (Å²) in [6.07, 6.45) is -0.657. The number of aromatic amines is 1. The average Bonchev–Trinajstić information content (AvgIpc) is 3.99. The number of aryl methyl sites for hydroxylation is 1. The zero-order valence-corrected chi connectivity index (χ0v) is 32.2. The van der Waals surface area contributed by atoms with E-state index in [4.69, 9.17) is 9.26 Å². The Hall–Kier alpha value is -5.64. The van der Waals surface area contributed by atoms with Crippen LogP contribution in [0.5, 0.6) is 11.6 Å². The first kappa shape index (κ1) is 37.3. The number of aliphatic hydroxyl groups excluding tert-OH is 1. The lowest BCUT2D eigenvalue weighted by molar-refractivity contribution is -0.141. The number of rotatable bonds is 13. The number of ether oxygens (including phenoxy) is 1. The van der Waals surface area contributed by atoms with E-state index in [0.29, 0.717) is 48.3 Å². The summed E-state index contributed by atoms with van der Waals surface area (Å²) < 4.78 is 11.6. The molecule has 2 aromatic carbocycles. The standard InChI is InChI=1S/C41H44N8O6S/c1-23(2)37(41(53)49-21-29(50)16-33(49)40(52)42-18-25-8-10-26(11-9-25)38-24(3)43-22-56-38)35-17-36(47-55-35)54-13-12-48-19-28(20-48)31-14-27-15-32(45-46-39(27)44-31)30-6-4-5-7-34(30)51/h4-11,14-15,17,22-23,28-29,33,37,50-51H,12-13,16,18-21H2,1-3H3,(H,42,52)(H,44,46)/t29-,33+,37+/m1/s1. The normalized spacial score (nSPS) is 18.1. The molecule has 0 saturated carbocycles. The van der Waals surface area contributed by atoms with Gasteiger partial charge in [0.25, 0.3) is 5.88 Å². The minimum Gasteiger partial charge on any atom is -0.507 e. The van der Waals surface area contributed by atoms with Crippen molar-refractivity contribution in [1.82, 2.24) is 40.4 Å². The highest BCUT2D eigenvalue weighted by atomic mass is 32.1. The molecule has 3 atom stereocenters. The molecule has 2 amide bonds. The van der Waals surface area contributed by atoms with Gasteiger partial charge in [0, 0.05) is 67.8 Å². The molecule has 56 heavy (non-hydrogen) atoms. The molecular weight excluding hydrogens is 733 g/mol. The SMILES string of the molecule is Cc1ncsc1-c1ccc(CNC(=O)[C@@H]2C[C@@H](O)CN2C(=O)[C@H](c2cc(OCCN3CC(c4cc5cc(-c6ccccc6O)nnc5[nH]4)C3)no2)C(C)C)cc1. The molecule has 2 fully saturated rings. The van der Waals surface area contributed by atoms with Crippen LogP contribution in [-0.2, 0) is 16.1 Å². The number of nitrogens with zero attached hydrogens (tertiary/aromatic N) is 6. The van der Waals surface area contributed by atoms with Crippen molar-refractivity contribution in [2.45, 2.75) is 57.7 Å². The summed E-state index contributed by atoms with van der Waals surface area (Å²) in [5.74, 6) is -0.371. The third-order valence-electron chi connectivity index (χ3n) is 10.7. The van der Waals surface area contributed by atoms with Crippen molar-refractivity contribution in [2.24, 2.45) is 5.92 Å². The maximum atomic E-state index is 14.0. The predicted octanol–water partition coefficient (Wildman–Crippen LogP) is 5.25. The molecule has 0 spiro atoms. The lowest BCUT2D eigenvalue weighted by Gasteiger charge is -2.38. The third-order valence-corrected chi connectivity index (χ3v) is 11.6. The Kier molecular flexibility index (Phi) is 10.6. The van der Waals surface area contributed by atoms with Gasteiger partial charge < -0.3 is 34.7 Å². The minimum absolute atomic E-state index is 0.0581. The van der Waals surface area contributed by atoms with Gasteiger partial charge in [0.15, 0.2) is 11.4 Å². The number of aromatic hydroxyl groups is 1. The van der Waals surface area contributed by atoms with E-state index in [1.807, 2.05) is 68.7 Å². The van der Waals surface area contributed by atoms with Crippen LogP contribution in [0.15, 0.2) is 76.8 Å². The van der Waals surface area contributed by atoms with Crippen LogP contribution in [0.3, 0.4) is 0 Å². The highest BCUT2D eigenvalue weighted by molar-refractivity contribution is 7.13. The van der Waals surface area contributed by atoms with E-state index in [0.717, 1.165) is 45.9 Å². The number of carbonyl (C=O) groups excluding carboxylic acids is 2. The molecule has 14 nitrogen and oxygen atoms in total. The van der Waals surface area contributed by atoms with E-state index in [-0.39, 0.29) is 42.3 Å². The number of hydrogen-bond donors (Lipinski definition) is 4. The molecule has 6 heterocycles. The number of H-pyrrole nitrogens is 1. The lowest BCUT2D eigenvalue weighted by Crippen LogP contribution is -2.48. The van der Waals surface area contributed by atoms with Crippen molar-refractivity contribution in [3.63, 3.8) is 0 Å². The Morgan fingerprint density at radius 1 is 1.07 bits per heavy atom. The number of carbonyl (C=O) groups is 2. The number of amides is 2. The molecule has 4 aromatic heterocycles. The second-order valence-electron chi connectivity index (χ2n) is 14.9. The lowest BCUT2D eigenvalue weighted by atomic mass is 9.91. The fourth-order valence-corrected chi connectivity index (χ4v) is 8.40. The molecule has 6 aromatic rings. The van der Waals surface area contributed by atoms with Crippen LogP contribution in [-0.4, -0.2) is 102 Å². The second-order valence-corrected chi connectivity index (χ2v) is 15.8. The Balaban J connectivity index is 0.828. The summed E-state index contributed by atoms with van der Waals surface area (Å²) in [5, 5.41) is 37.5. The number of likely N-dealkylation sites (tertiary alicyclic amines) is 2. The number of fused-ring (bicyclic) bond motifs is 1. The van der Waals surface area contributed by atoms with E-state index in [9.17, 15) is 19.8 Å². The van der Waals surface area contributed by atoms with Crippen molar-refractivity contribution >= 4 is 34.2 Å². The highest BCUT2D eigenvalue weighted by Crippen LogP contribution is 2.34. The third kappa shape index (κ3) is 7.74. The van der Waals surface area contributed by atoms with Crippen LogP contribution < -0.4 is 10.1 Å². The number of para-hydroxylation sites is 1. The Bertz CT molecular complexity index is 2330. The Morgan fingerprint density at radius 2 is 1.88 bits per heavy atom. The first-order chi connectivity index (χ1) is 27.1. The molecule has 2 aliphatic heterocycles. The number of phenolic OH excluding ortho intramolecular Hbond substituents is 1. The molecule has 2 saturated heterocycles. The van der Waals surface area contributed by atoms with Crippen LogP contribution in [0.1, 0.15) is 54.8 Å². The van der Waals surface area contributed by atoms with Gasteiger partial charge in [-0.3, -0.25) is 14.5 Å². The van der Waals surface area contributed by atoms with Gasteiger partial charge in [-0.25, -0.2) is 4.98 Å². The maximum Gasteiger partial charge on any atom is 0.254 e. The quantitative estimate of drug-likeness (QED) is 0.120. The van der Waals surface area contributed by atoms with Crippen LogP contribution in [0.25, 0.3) is 32.7 Å². The molecule has 0 unspecified atom stereocenters. The van der Waals surface area contributed by atoms with E-state index < -0.39 is 18.1 Å². The highest BCUT2D eigenvalue weighted by Gasteiger charge is 2.43. The molecule has 8 rings (SSSR count). The smallest absolute Gasteiger partial charge is 0.254 e. The molecular formula is C41H44N8O6S. The summed E-state index contributed by atoms with van der Waals surface area (Å²) in [6, 6.07) is 19.9. The summed E-state index contributed by atoms with van der Waals surface area (Å²) in [7, 11) is 0. The predicted molar refractivity (Wildman–Crippen MR) is 210 cm³/mol. The number of aliphatic hydroxyl groups is 1. The van der Waals surface area contributed by atoms with Crippen molar-refractivity contribution in [2.75, 3.05) is 32.8 Å². The van der Waals surface area contributed by atoms with E-state index in [1.165, 1.54) is 4.90 Å². The van der Waals surface area contributed by atoms with E-state index in [1.54, 1.807) is 29.5 Å². The first-order valence-corrected chi connectivity index (χ1v) is 19.7. The van der Waals surface area contributed by atoms with Crippen LogP contribution >= 0.6 is 11.3 Å². The van der Waals surface area contributed by atoms with Crippen LogP contribution in [0.4, 0.5) is 0 Å². The van der Waals surface area contributed by atoms with Gasteiger partial charge in [-0.05, 0) is 53.4 Å². The molecule has 4 N–H and O–H groups in total. The fraction of sp³-hybridized carbons (Fsp3) is 0.366. The first-order valence-electron chi connectivity index (χ1n) is 18.8. The summed E-state index contributed by atoms with van der Waals surface area (Å²) in [4.78, 5) is 40.0. The number of aromatic nitrogens is 5. The van der Waals surface area contributed by atoms with Crippen LogP contribution in [0, 0.1) is 12.8 Å². The monoisotopic (exact) mass is 776 g/mol. The van der Waals surface area contributed by atoms with Crippen molar-refractivity contribution < 1.29 is 29.1 Å². The molecule has 15 heteroatoms. The van der Waals surface area contributed by atoms with Gasteiger partial charge in [-0.1, -0.05) is 50.2 Å². The average molecular weight is 777 g/mol. The zero-order chi connectivity index (χ0) is 38.9. The van der Waals surface area contributed by atoms with E-state index >= 15 is 0 Å². The van der Waals surface area contributed by atoms with Gasteiger partial charge in [0.1, 0.15) is 24.3 Å². The van der Waals surface area contributed by atoms with Crippen LogP contribution in [0.2, 0.25) is 0 Å². The van der Waals surface area contributed by atoms with Gasteiger partial charge >= 0.3 is 0 Å². The molecule has 0 radical (unpaired) electrons. The topological polar surface area (TPSA) is 183 Å². The van der Waals surface area contributed by atoms with Gasteiger partial charge in [0.2, 0.25) is 11.8 Å². The summed E-state index contributed by atoms with van der Waals surface area (Å²) in [5.41, 5.74) is 7.86. The molecule has 290 valence electrons. The van der Waals surface area contributed by atoms with Crippen molar-refractivity contribution in [1.29, 1.82) is 0 Å². The van der Waals surface area contributed by atoms with Crippen molar-refractivity contribution in [3.8, 4) is 33.3 Å².